The maximum Gasteiger partial charge on any atom is 0.0762 e. The van der Waals surface area contributed by atoms with Gasteiger partial charge >= 0.3 is 0 Å². The molecule has 0 aliphatic carbocycles. The van der Waals surface area contributed by atoms with Crippen LogP contribution in [0.5, 0.6) is 0 Å². The van der Waals surface area contributed by atoms with Crippen LogP contribution in [0.1, 0.15) is 29.7 Å². The number of benzene rings is 2. The number of hydrogen-bond acceptors (Lipinski definition) is 2. The summed E-state index contributed by atoms with van der Waals surface area (Å²) in [5.74, 6) is 0. The molecular weight excluding hydrogens is 320 g/mol. The van der Waals surface area contributed by atoms with Crippen molar-refractivity contribution < 1.29 is 5.11 Å². The Morgan fingerprint density at radius 3 is 2.37 bits per heavy atom. The van der Waals surface area contributed by atoms with Gasteiger partial charge in [0.05, 0.1) is 6.10 Å². The monoisotopic (exact) mass is 336 g/mol. The Hall–Kier alpha value is -0.770. The zero-order valence-corrected chi connectivity index (χ0v) is 13.7. The number of rotatable bonds is 3. The topological polar surface area (TPSA) is 20.2 Å². The lowest BCUT2D eigenvalue weighted by molar-refractivity contribution is 0.199. The standard InChI is InChI=1S/C16H17BrOS/c1-10-4-6-14(8-11(10)2)19-16-7-5-13(12(3)18)9-15(16)17/h4-9,12,18H,1-3H3. The van der Waals surface area contributed by atoms with Crippen molar-refractivity contribution in [2.24, 2.45) is 0 Å². The highest BCUT2D eigenvalue weighted by Gasteiger charge is 2.07. The number of aryl methyl sites for hydroxylation is 2. The molecule has 2 aromatic rings. The molecule has 0 fully saturated rings. The van der Waals surface area contributed by atoms with E-state index < -0.39 is 6.10 Å². The molecule has 0 aliphatic heterocycles. The first-order chi connectivity index (χ1) is 8.97. The van der Waals surface area contributed by atoms with E-state index in [9.17, 15) is 5.11 Å². The van der Waals surface area contributed by atoms with Crippen molar-refractivity contribution >= 4 is 27.7 Å². The molecule has 3 heteroatoms. The van der Waals surface area contributed by atoms with Crippen molar-refractivity contribution in [1.29, 1.82) is 0 Å². The largest absolute Gasteiger partial charge is 0.389 e. The highest BCUT2D eigenvalue weighted by molar-refractivity contribution is 9.10. The van der Waals surface area contributed by atoms with Crippen LogP contribution in [-0.2, 0) is 0 Å². The summed E-state index contributed by atoms with van der Waals surface area (Å²) >= 11 is 5.30. The van der Waals surface area contributed by atoms with Gasteiger partial charge in [0.25, 0.3) is 0 Å². The molecule has 0 heterocycles. The van der Waals surface area contributed by atoms with Crippen LogP contribution in [0.4, 0.5) is 0 Å². The molecule has 0 saturated heterocycles. The maximum absolute atomic E-state index is 9.57. The number of aliphatic hydroxyl groups excluding tert-OH is 1. The average Bonchev–Trinajstić information content (AvgIpc) is 2.36. The Bertz CT molecular complexity index is 593. The molecule has 1 nitrogen and oxygen atoms in total. The molecule has 1 unspecified atom stereocenters. The number of halogens is 1. The average molecular weight is 337 g/mol. The predicted octanol–water partition coefficient (Wildman–Crippen LogP) is 5.27. The normalized spacial score (nSPS) is 12.5. The second kappa shape index (κ2) is 6.12. The summed E-state index contributed by atoms with van der Waals surface area (Å²) in [5.41, 5.74) is 3.55. The number of hydrogen-bond donors (Lipinski definition) is 1. The third kappa shape index (κ3) is 3.62. The molecule has 1 N–H and O–H groups in total. The van der Waals surface area contributed by atoms with Gasteiger partial charge < -0.3 is 5.11 Å². The summed E-state index contributed by atoms with van der Waals surface area (Å²) in [4.78, 5) is 2.39. The maximum atomic E-state index is 9.57. The molecule has 0 aliphatic rings. The van der Waals surface area contributed by atoms with Crippen LogP contribution in [-0.4, -0.2) is 5.11 Å². The lowest BCUT2D eigenvalue weighted by Gasteiger charge is -2.10. The van der Waals surface area contributed by atoms with Crippen molar-refractivity contribution in [2.75, 3.05) is 0 Å². The van der Waals surface area contributed by atoms with Crippen molar-refractivity contribution in [2.45, 2.75) is 36.7 Å². The van der Waals surface area contributed by atoms with E-state index in [4.69, 9.17) is 0 Å². The molecule has 0 spiro atoms. The molecular formula is C16H17BrOS. The van der Waals surface area contributed by atoms with Gasteiger partial charge in [-0.25, -0.2) is 0 Å². The summed E-state index contributed by atoms with van der Waals surface area (Å²) in [7, 11) is 0. The van der Waals surface area contributed by atoms with Crippen molar-refractivity contribution in [1.82, 2.24) is 0 Å². The van der Waals surface area contributed by atoms with E-state index in [0.717, 1.165) is 14.9 Å². The fourth-order valence-electron chi connectivity index (χ4n) is 1.76. The van der Waals surface area contributed by atoms with Gasteiger partial charge in [0, 0.05) is 14.3 Å². The van der Waals surface area contributed by atoms with Gasteiger partial charge in [0.15, 0.2) is 0 Å². The van der Waals surface area contributed by atoms with E-state index in [1.54, 1.807) is 18.7 Å². The smallest absolute Gasteiger partial charge is 0.0762 e. The van der Waals surface area contributed by atoms with Gasteiger partial charge in [0.1, 0.15) is 0 Å². The van der Waals surface area contributed by atoms with Crippen LogP contribution in [0.15, 0.2) is 50.7 Å². The first kappa shape index (κ1) is 14.6. The highest BCUT2D eigenvalue weighted by Crippen LogP contribution is 2.35. The van der Waals surface area contributed by atoms with Crippen LogP contribution in [0, 0.1) is 13.8 Å². The van der Waals surface area contributed by atoms with Gasteiger partial charge in [-0.15, -0.1) is 0 Å². The Balaban J connectivity index is 2.25. The molecule has 100 valence electrons. The molecule has 0 saturated carbocycles. The van der Waals surface area contributed by atoms with Crippen molar-refractivity contribution in [3.63, 3.8) is 0 Å². The summed E-state index contributed by atoms with van der Waals surface area (Å²) in [6.45, 7) is 6.03. The Morgan fingerprint density at radius 1 is 1.05 bits per heavy atom. The lowest BCUT2D eigenvalue weighted by Crippen LogP contribution is -1.91. The first-order valence-corrected chi connectivity index (χ1v) is 7.81. The minimum absolute atomic E-state index is 0.433. The molecule has 0 aromatic heterocycles. The Morgan fingerprint density at radius 2 is 1.79 bits per heavy atom. The second-order valence-corrected chi connectivity index (χ2v) is 6.68. The molecule has 19 heavy (non-hydrogen) atoms. The third-order valence-corrected chi connectivity index (χ3v) is 5.13. The first-order valence-electron chi connectivity index (χ1n) is 6.20. The van der Waals surface area contributed by atoms with E-state index >= 15 is 0 Å². The van der Waals surface area contributed by atoms with Crippen LogP contribution < -0.4 is 0 Å². The van der Waals surface area contributed by atoms with E-state index in [-0.39, 0.29) is 0 Å². The summed E-state index contributed by atoms with van der Waals surface area (Å²) in [6, 6.07) is 12.5. The van der Waals surface area contributed by atoms with E-state index in [2.05, 4.69) is 48.0 Å². The van der Waals surface area contributed by atoms with E-state index in [1.165, 1.54) is 16.0 Å². The predicted molar refractivity (Wildman–Crippen MR) is 84.8 cm³/mol. The fraction of sp³-hybridized carbons (Fsp3) is 0.250. The van der Waals surface area contributed by atoms with Crippen molar-refractivity contribution in [3.05, 3.63) is 57.6 Å². The highest BCUT2D eigenvalue weighted by atomic mass is 79.9. The van der Waals surface area contributed by atoms with Crippen molar-refractivity contribution in [3.8, 4) is 0 Å². The second-order valence-electron chi connectivity index (χ2n) is 4.71. The Labute approximate surface area is 127 Å². The Kier molecular flexibility index (Phi) is 4.71. The SMILES string of the molecule is Cc1ccc(Sc2ccc(C(C)O)cc2Br)cc1C. The van der Waals surface area contributed by atoms with Gasteiger partial charge in [-0.1, -0.05) is 23.9 Å². The molecule has 0 bridgehead atoms. The van der Waals surface area contributed by atoms with Gasteiger partial charge in [-0.3, -0.25) is 0 Å². The zero-order chi connectivity index (χ0) is 14.0. The van der Waals surface area contributed by atoms with Crippen LogP contribution in [0.25, 0.3) is 0 Å². The van der Waals surface area contributed by atoms with Gasteiger partial charge in [-0.05, 0) is 77.7 Å². The summed E-state index contributed by atoms with van der Waals surface area (Å²) < 4.78 is 1.02. The molecule has 0 radical (unpaired) electrons. The van der Waals surface area contributed by atoms with E-state index in [1.807, 2.05) is 18.2 Å². The van der Waals surface area contributed by atoms with Gasteiger partial charge in [0.2, 0.25) is 0 Å². The van der Waals surface area contributed by atoms with Gasteiger partial charge in [-0.2, -0.15) is 0 Å². The molecule has 1 atom stereocenters. The van der Waals surface area contributed by atoms with Crippen LogP contribution in [0.2, 0.25) is 0 Å². The summed E-state index contributed by atoms with van der Waals surface area (Å²) in [5, 5.41) is 9.57. The van der Waals surface area contributed by atoms with E-state index in [0.29, 0.717) is 0 Å². The quantitative estimate of drug-likeness (QED) is 0.823. The zero-order valence-electron chi connectivity index (χ0n) is 11.3. The fourth-order valence-corrected chi connectivity index (χ4v) is 3.32. The third-order valence-electron chi connectivity index (χ3n) is 3.14. The van der Waals surface area contributed by atoms with Crippen LogP contribution in [0.3, 0.4) is 0 Å². The molecule has 2 rings (SSSR count). The number of aliphatic hydroxyl groups is 1. The molecule has 2 aromatic carbocycles. The minimum atomic E-state index is -0.433. The lowest BCUT2D eigenvalue weighted by atomic mass is 10.1. The minimum Gasteiger partial charge on any atom is -0.389 e. The summed E-state index contributed by atoms with van der Waals surface area (Å²) in [6.07, 6.45) is -0.433. The van der Waals surface area contributed by atoms with Crippen LogP contribution >= 0.6 is 27.7 Å². The molecule has 0 amide bonds.